The average Bonchev–Trinajstić information content (AvgIpc) is 2.47. The van der Waals surface area contributed by atoms with E-state index >= 15 is 0 Å². The molecule has 0 saturated carbocycles. The van der Waals surface area contributed by atoms with Gasteiger partial charge in [-0.2, -0.15) is 8.42 Å². The van der Waals surface area contributed by atoms with E-state index in [1.165, 1.54) is 0 Å². The molecule has 23 heavy (non-hydrogen) atoms. The molecule has 4 nitrogen and oxygen atoms in total. The van der Waals surface area contributed by atoms with Crippen LogP contribution in [-0.2, 0) is 13.7 Å². The summed E-state index contributed by atoms with van der Waals surface area (Å²) < 4.78 is 35.8. The second-order valence-corrected chi connectivity index (χ2v) is 10.8. The first-order chi connectivity index (χ1) is 10.8. The molecule has 0 aliphatic rings. The zero-order valence-corrected chi connectivity index (χ0v) is 15.2. The van der Waals surface area contributed by atoms with Crippen LogP contribution >= 0.6 is 10.3 Å². The smallest absolute Gasteiger partial charge is 0.306 e. The molecule has 0 saturated heterocycles. The lowest BCUT2D eigenvalue weighted by atomic mass is 10.2. The van der Waals surface area contributed by atoms with E-state index in [0.717, 1.165) is 11.3 Å². The van der Waals surface area contributed by atoms with E-state index in [1.54, 1.807) is 24.3 Å². The normalized spacial score (nSPS) is 12.8. The van der Waals surface area contributed by atoms with Gasteiger partial charge >= 0.3 is 10.1 Å². The van der Waals surface area contributed by atoms with Crippen LogP contribution < -0.4 is 4.74 Å². The molecule has 0 spiro atoms. The summed E-state index contributed by atoms with van der Waals surface area (Å²) in [5.74, 6) is 1.30. The summed E-state index contributed by atoms with van der Waals surface area (Å²) in [6, 6.07) is 16.1. The van der Waals surface area contributed by atoms with Crippen LogP contribution in [0.25, 0.3) is 0 Å². The largest absolute Gasteiger partial charge is 0.493 e. The Kier molecular flexibility index (Phi) is 5.73. The first-order valence-electron chi connectivity index (χ1n) is 7.20. The van der Waals surface area contributed by atoms with Gasteiger partial charge in [0.15, 0.2) is 0 Å². The molecular formula is C17H22O4S2. The minimum Gasteiger partial charge on any atom is -0.493 e. The minimum atomic E-state index is -3.75. The number of para-hydroxylation sites is 1. The van der Waals surface area contributed by atoms with Crippen molar-refractivity contribution in [1.29, 1.82) is 0 Å². The quantitative estimate of drug-likeness (QED) is 0.760. The highest BCUT2D eigenvalue weighted by molar-refractivity contribution is 8.32. The Morgan fingerprint density at radius 2 is 1.52 bits per heavy atom. The standard InChI is InChI=1S/C17H22O4S2/c1-15-9-11-17(12-10-15)23(18,19)21-22(2,3)14-13-20-16-7-5-4-6-8-16/h4-12H,13-14H2,1-3H3. The third kappa shape index (κ3) is 5.57. The summed E-state index contributed by atoms with van der Waals surface area (Å²) in [4.78, 5) is 0.188. The van der Waals surface area contributed by atoms with Crippen LogP contribution in [0, 0.1) is 6.92 Å². The second kappa shape index (κ2) is 7.38. The van der Waals surface area contributed by atoms with Gasteiger partial charge in [0, 0.05) is 5.75 Å². The molecule has 0 bridgehead atoms. The van der Waals surface area contributed by atoms with E-state index < -0.39 is 20.4 Å². The van der Waals surface area contributed by atoms with Crippen LogP contribution in [0.2, 0.25) is 0 Å². The van der Waals surface area contributed by atoms with Crippen molar-refractivity contribution in [3.05, 3.63) is 60.2 Å². The predicted molar refractivity (Wildman–Crippen MR) is 95.7 cm³/mol. The number of rotatable bonds is 7. The van der Waals surface area contributed by atoms with Crippen molar-refractivity contribution >= 4 is 20.4 Å². The molecule has 0 fully saturated rings. The van der Waals surface area contributed by atoms with Gasteiger partial charge in [0.2, 0.25) is 0 Å². The van der Waals surface area contributed by atoms with E-state index in [0.29, 0.717) is 12.4 Å². The number of benzene rings is 2. The number of ether oxygens (including phenoxy) is 1. The molecule has 2 rings (SSSR count). The van der Waals surface area contributed by atoms with E-state index in [-0.39, 0.29) is 4.90 Å². The molecule has 0 aromatic heterocycles. The zero-order chi connectivity index (χ0) is 16.9. The summed E-state index contributed by atoms with van der Waals surface area (Å²) in [6.07, 6.45) is 3.65. The molecule has 0 amide bonds. The molecular weight excluding hydrogens is 332 g/mol. The molecule has 126 valence electrons. The predicted octanol–water partition coefficient (Wildman–Crippen LogP) is 3.76. The molecule has 2 aromatic carbocycles. The average molecular weight is 354 g/mol. The number of hydrogen-bond acceptors (Lipinski definition) is 4. The highest BCUT2D eigenvalue weighted by Gasteiger charge is 2.24. The molecule has 0 unspecified atom stereocenters. The summed E-state index contributed by atoms with van der Waals surface area (Å²) in [5, 5.41) is 0. The van der Waals surface area contributed by atoms with Crippen molar-refractivity contribution < 1.29 is 16.8 Å². The molecule has 0 heterocycles. The summed E-state index contributed by atoms with van der Waals surface area (Å²) in [7, 11) is -5.53. The van der Waals surface area contributed by atoms with Gasteiger partial charge in [0.1, 0.15) is 5.75 Å². The first kappa shape index (κ1) is 17.8. The maximum absolute atomic E-state index is 12.4. The lowest BCUT2D eigenvalue weighted by molar-refractivity contribution is 0.341. The van der Waals surface area contributed by atoms with Crippen LogP contribution in [-0.4, -0.2) is 33.3 Å². The van der Waals surface area contributed by atoms with E-state index in [9.17, 15) is 8.42 Å². The molecule has 0 aliphatic carbocycles. The van der Waals surface area contributed by atoms with Gasteiger partial charge in [-0.15, -0.1) is 10.3 Å². The molecule has 0 aliphatic heterocycles. The van der Waals surface area contributed by atoms with Crippen molar-refractivity contribution in [1.82, 2.24) is 0 Å². The van der Waals surface area contributed by atoms with Crippen molar-refractivity contribution in [2.75, 3.05) is 24.9 Å². The zero-order valence-electron chi connectivity index (χ0n) is 13.6. The highest BCUT2D eigenvalue weighted by Crippen LogP contribution is 2.44. The van der Waals surface area contributed by atoms with Crippen molar-refractivity contribution in [2.24, 2.45) is 0 Å². The van der Waals surface area contributed by atoms with Gasteiger partial charge < -0.3 is 4.74 Å². The van der Waals surface area contributed by atoms with Crippen LogP contribution in [0.5, 0.6) is 5.75 Å². The molecule has 6 heteroatoms. The summed E-state index contributed by atoms with van der Waals surface area (Å²) in [5.41, 5.74) is 1.01. The first-order valence-corrected chi connectivity index (χ1v) is 11.2. The van der Waals surface area contributed by atoms with Crippen LogP contribution in [0.3, 0.4) is 0 Å². The minimum absolute atomic E-state index is 0.188. The Bertz CT molecular complexity index is 723. The highest BCUT2D eigenvalue weighted by atomic mass is 32.3. The van der Waals surface area contributed by atoms with Crippen molar-refractivity contribution in [3.8, 4) is 5.75 Å². The topological polar surface area (TPSA) is 52.6 Å². The lowest BCUT2D eigenvalue weighted by Gasteiger charge is -2.29. The summed E-state index contributed by atoms with van der Waals surface area (Å²) in [6.45, 7) is 2.32. The Morgan fingerprint density at radius 1 is 0.913 bits per heavy atom. The molecule has 0 radical (unpaired) electrons. The maximum Gasteiger partial charge on any atom is 0.306 e. The van der Waals surface area contributed by atoms with E-state index in [2.05, 4.69) is 0 Å². The van der Waals surface area contributed by atoms with Crippen LogP contribution in [0.4, 0.5) is 0 Å². The fourth-order valence-corrected chi connectivity index (χ4v) is 5.38. The van der Waals surface area contributed by atoms with Crippen molar-refractivity contribution in [2.45, 2.75) is 11.8 Å². The van der Waals surface area contributed by atoms with E-state index in [4.69, 9.17) is 8.37 Å². The Labute approximate surface area is 140 Å². The molecule has 0 atom stereocenters. The van der Waals surface area contributed by atoms with Gasteiger partial charge in [-0.1, -0.05) is 35.9 Å². The third-order valence-corrected chi connectivity index (χ3v) is 7.36. The summed E-state index contributed by atoms with van der Waals surface area (Å²) >= 11 is 0. The van der Waals surface area contributed by atoms with Gasteiger partial charge in [0.25, 0.3) is 0 Å². The van der Waals surface area contributed by atoms with Gasteiger partial charge in [-0.05, 0) is 43.7 Å². The number of hydrogen-bond donors (Lipinski definition) is 0. The second-order valence-electron chi connectivity index (χ2n) is 5.64. The maximum atomic E-state index is 12.4. The fourth-order valence-electron chi connectivity index (χ4n) is 1.90. The van der Waals surface area contributed by atoms with Gasteiger partial charge in [-0.25, -0.2) is 3.63 Å². The number of aryl methyl sites for hydroxylation is 1. The van der Waals surface area contributed by atoms with Gasteiger partial charge in [0.05, 0.1) is 11.5 Å². The molecule has 2 aromatic rings. The fraction of sp³-hybridized carbons (Fsp3) is 0.294. The van der Waals surface area contributed by atoms with Crippen LogP contribution in [0.1, 0.15) is 5.56 Å². The van der Waals surface area contributed by atoms with Gasteiger partial charge in [-0.3, -0.25) is 0 Å². The Balaban J connectivity index is 1.95. The third-order valence-electron chi connectivity index (χ3n) is 3.17. The van der Waals surface area contributed by atoms with E-state index in [1.807, 2.05) is 49.8 Å². The Morgan fingerprint density at radius 3 is 2.13 bits per heavy atom. The lowest BCUT2D eigenvalue weighted by Crippen LogP contribution is -2.17. The SMILES string of the molecule is Cc1ccc(S(=O)(=O)OS(C)(C)CCOc2ccccc2)cc1. The van der Waals surface area contributed by atoms with Crippen molar-refractivity contribution in [3.63, 3.8) is 0 Å². The Hall–Kier alpha value is -1.50. The monoisotopic (exact) mass is 354 g/mol. The van der Waals surface area contributed by atoms with Crippen LogP contribution in [0.15, 0.2) is 59.5 Å². The molecule has 0 N–H and O–H groups in total.